The van der Waals surface area contributed by atoms with Gasteiger partial charge < -0.3 is 4.74 Å². The molecule has 2 aromatic carbocycles. The van der Waals surface area contributed by atoms with Crippen molar-refractivity contribution in [1.82, 2.24) is 0 Å². The first-order valence-corrected chi connectivity index (χ1v) is 6.79. The number of aliphatic imine (C=N–C) groups is 1. The Balaban J connectivity index is 1.89. The summed E-state index contributed by atoms with van der Waals surface area (Å²) in [7, 11) is 0. The molecule has 0 spiro atoms. The number of ether oxygens (including phenoxy) is 1. The maximum Gasteiger partial charge on any atom is 0.416 e. The van der Waals surface area contributed by atoms with Gasteiger partial charge in [-0.1, -0.05) is 12.1 Å². The van der Waals surface area contributed by atoms with Crippen LogP contribution in [0.2, 0.25) is 0 Å². The van der Waals surface area contributed by atoms with Crippen LogP contribution in [0.15, 0.2) is 59.2 Å². The molecule has 122 valence electrons. The maximum atomic E-state index is 13.1. The maximum absolute atomic E-state index is 13.1. The lowest BCUT2D eigenvalue weighted by molar-refractivity contribution is -0.137. The summed E-state index contributed by atoms with van der Waals surface area (Å²) in [5, 5.41) is 0. The normalized spacial score (nSPS) is 16.2. The van der Waals surface area contributed by atoms with E-state index in [1.54, 1.807) is 6.07 Å². The third-order valence-corrected chi connectivity index (χ3v) is 3.23. The average molecular weight is 335 g/mol. The number of esters is 1. The predicted molar refractivity (Wildman–Crippen MR) is 78.5 cm³/mol. The molecule has 3 rings (SSSR count). The molecule has 0 fully saturated rings. The molecule has 7 heteroatoms. The zero-order valence-electron chi connectivity index (χ0n) is 12.0. The van der Waals surface area contributed by atoms with Crippen LogP contribution in [0.4, 0.5) is 17.6 Å². The van der Waals surface area contributed by atoms with E-state index in [1.165, 1.54) is 36.4 Å². The first-order valence-electron chi connectivity index (χ1n) is 6.79. The van der Waals surface area contributed by atoms with Crippen LogP contribution in [0.1, 0.15) is 16.7 Å². The van der Waals surface area contributed by atoms with Gasteiger partial charge in [-0.25, -0.2) is 14.2 Å². The third kappa shape index (κ3) is 3.34. The number of alkyl halides is 3. The molecule has 0 saturated carbocycles. The van der Waals surface area contributed by atoms with Gasteiger partial charge in [-0.3, -0.25) is 0 Å². The number of rotatable bonds is 2. The van der Waals surface area contributed by atoms with Crippen molar-refractivity contribution in [2.45, 2.75) is 6.18 Å². The van der Waals surface area contributed by atoms with Crippen molar-refractivity contribution in [3.8, 4) is 0 Å². The summed E-state index contributed by atoms with van der Waals surface area (Å²) in [6, 6.07) is 9.61. The predicted octanol–water partition coefficient (Wildman–Crippen LogP) is 4.19. The largest absolute Gasteiger partial charge is 0.416 e. The van der Waals surface area contributed by atoms with Crippen molar-refractivity contribution in [3.63, 3.8) is 0 Å². The smallest absolute Gasteiger partial charge is 0.402 e. The molecule has 1 aliphatic heterocycles. The Bertz CT molecular complexity index is 852. The fourth-order valence-electron chi connectivity index (χ4n) is 2.09. The van der Waals surface area contributed by atoms with Crippen molar-refractivity contribution >= 4 is 17.9 Å². The van der Waals surface area contributed by atoms with Crippen LogP contribution in [-0.4, -0.2) is 11.9 Å². The van der Waals surface area contributed by atoms with E-state index in [-0.39, 0.29) is 17.2 Å². The third-order valence-electron chi connectivity index (χ3n) is 3.23. The highest BCUT2D eigenvalue weighted by molar-refractivity contribution is 6.12. The van der Waals surface area contributed by atoms with Crippen molar-refractivity contribution in [1.29, 1.82) is 0 Å². The van der Waals surface area contributed by atoms with Gasteiger partial charge >= 0.3 is 12.1 Å². The van der Waals surface area contributed by atoms with Gasteiger partial charge in [-0.05, 0) is 48.0 Å². The quantitative estimate of drug-likeness (QED) is 0.469. The molecule has 24 heavy (non-hydrogen) atoms. The van der Waals surface area contributed by atoms with Crippen molar-refractivity contribution in [2.24, 2.45) is 4.99 Å². The molecule has 0 N–H and O–H groups in total. The Kier molecular flexibility index (Phi) is 3.92. The summed E-state index contributed by atoms with van der Waals surface area (Å²) < 4.78 is 55.7. The van der Waals surface area contributed by atoms with E-state index in [0.717, 1.165) is 12.1 Å². The Morgan fingerprint density at radius 2 is 1.75 bits per heavy atom. The highest BCUT2D eigenvalue weighted by Gasteiger charge is 2.31. The molecule has 0 aliphatic carbocycles. The van der Waals surface area contributed by atoms with Crippen molar-refractivity contribution in [2.75, 3.05) is 0 Å². The highest BCUT2D eigenvalue weighted by Crippen LogP contribution is 2.29. The van der Waals surface area contributed by atoms with E-state index >= 15 is 0 Å². The number of carbonyl (C=O) groups is 1. The van der Waals surface area contributed by atoms with Gasteiger partial charge in [0.2, 0.25) is 5.90 Å². The number of benzene rings is 2. The molecule has 1 heterocycles. The first kappa shape index (κ1) is 15.9. The lowest BCUT2D eigenvalue weighted by atomic mass is 10.1. The molecule has 0 saturated heterocycles. The topological polar surface area (TPSA) is 38.7 Å². The second kappa shape index (κ2) is 5.92. The van der Waals surface area contributed by atoms with Crippen LogP contribution in [0.3, 0.4) is 0 Å². The van der Waals surface area contributed by atoms with Gasteiger partial charge in [0.05, 0.1) is 5.56 Å². The van der Waals surface area contributed by atoms with Crippen LogP contribution in [0.25, 0.3) is 6.08 Å². The number of hydrogen-bond donors (Lipinski definition) is 0. The number of cyclic esters (lactones) is 1. The Morgan fingerprint density at radius 3 is 2.38 bits per heavy atom. The molecule has 0 amide bonds. The molecule has 0 unspecified atom stereocenters. The molecular weight excluding hydrogens is 326 g/mol. The fraction of sp³-hybridized carbons (Fsp3) is 0.0588. The Morgan fingerprint density at radius 1 is 1.04 bits per heavy atom. The van der Waals surface area contributed by atoms with Gasteiger partial charge in [0.25, 0.3) is 0 Å². The van der Waals surface area contributed by atoms with Gasteiger partial charge in [-0.15, -0.1) is 0 Å². The average Bonchev–Trinajstić information content (AvgIpc) is 2.88. The van der Waals surface area contributed by atoms with Crippen LogP contribution >= 0.6 is 0 Å². The molecule has 0 radical (unpaired) electrons. The summed E-state index contributed by atoms with van der Waals surface area (Å²) in [6.45, 7) is 0. The molecular formula is C17H9F4NO2. The fourth-order valence-corrected chi connectivity index (χ4v) is 2.09. The molecule has 0 atom stereocenters. The standard InChI is InChI=1S/C17H9F4NO2/c18-13-3-1-2-10(8-13)9-14-16(23)24-15(22-14)11-4-6-12(7-5-11)17(19,20)21/h1-9H. The zero-order valence-corrected chi connectivity index (χ0v) is 12.0. The summed E-state index contributed by atoms with van der Waals surface area (Å²) in [5.41, 5.74) is -0.222. The second-order valence-corrected chi connectivity index (χ2v) is 4.97. The highest BCUT2D eigenvalue weighted by atomic mass is 19.4. The van der Waals surface area contributed by atoms with E-state index in [1.807, 2.05) is 0 Å². The molecule has 1 aliphatic rings. The van der Waals surface area contributed by atoms with Crippen LogP contribution in [0, 0.1) is 5.82 Å². The van der Waals surface area contributed by atoms with Gasteiger partial charge in [0.15, 0.2) is 5.70 Å². The summed E-state index contributed by atoms with van der Waals surface area (Å²) >= 11 is 0. The molecule has 0 bridgehead atoms. The zero-order chi connectivity index (χ0) is 17.3. The summed E-state index contributed by atoms with van der Waals surface area (Å²) in [6.07, 6.45) is -3.11. The molecule has 2 aromatic rings. The van der Waals surface area contributed by atoms with E-state index < -0.39 is 23.5 Å². The molecule has 3 nitrogen and oxygen atoms in total. The minimum Gasteiger partial charge on any atom is -0.402 e. The minimum atomic E-state index is -4.45. The molecule has 0 aromatic heterocycles. The van der Waals surface area contributed by atoms with Crippen molar-refractivity contribution in [3.05, 3.63) is 76.7 Å². The lowest BCUT2D eigenvalue weighted by Gasteiger charge is -2.06. The number of halogens is 4. The first-order chi connectivity index (χ1) is 11.3. The second-order valence-electron chi connectivity index (χ2n) is 4.97. The van der Waals surface area contributed by atoms with E-state index in [9.17, 15) is 22.4 Å². The number of carbonyl (C=O) groups excluding carboxylic acids is 1. The summed E-state index contributed by atoms with van der Waals surface area (Å²) in [5.74, 6) is -1.33. The van der Waals surface area contributed by atoms with E-state index in [4.69, 9.17) is 4.74 Å². The Hall–Kier alpha value is -2.96. The van der Waals surface area contributed by atoms with Gasteiger partial charge in [0.1, 0.15) is 5.82 Å². The van der Waals surface area contributed by atoms with E-state index in [0.29, 0.717) is 5.56 Å². The number of nitrogens with zero attached hydrogens (tertiary/aromatic N) is 1. The Labute approximate surface area is 133 Å². The van der Waals surface area contributed by atoms with Gasteiger partial charge in [0, 0.05) is 5.56 Å². The minimum absolute atomic E-state index is 0.0597. The van der Waals surface area contributed by atoms with Gasteiger partial charge in [-0.2, -0.15) is 13.2 Å². The van der Waals surface area contributed by atoms with Crippen LogP contribution < -0.4 is 0 Å². The summed E-state index contributed by atoms with van der Waals surface area (Å²) in [4.78, 5) is 15.8. The van der Waals surface area contributed by atoms with Crippen LogP contribution in [-0.2, 0) is 15.7 Å². The lowest BCUT2D eigenvalue weighted by Crippen LogP contribution is -2.08. The van der Waals surface area contributed by atoms with E-state index in [2.05, 4.69) is 4.99 Å². The SMILES string of the molecule is O=C1OC(c2ccc(C(F)(F)F)cc2)=NC1=Cc1cccc(F)c1. The number of hydrogen-bond acceptors (Lipinski definition) is 3. The van der Waals surface area contributed by atoms with Crippen LogP contribution in [0.5, 0.6) is 0 Å². The van der Waals surface area contributed by atoms with Crippen molar-refractivity contribution < 1.29 is 27.1 Å². The monoisotopic (exact) mass is 335 g/mol.